The van der Waals surface area contributed by atoms with E-state index in [1.54, 1.807) is 31.2 Å². The van der Waals surface area contributed by atoms with E-state index in [1.807, 2.05) is 0 Å². The number of nitrogens with two attached hydrogens (primary N) is 2. The Morgan fingerprint density at radius 1 is 1.10 bits per heavy atom. The molecule has 7 heteroatoms. The van der Waals surface area contributed by atoms with Crippen molar-refractivity contribution in [3.63, 3.8) is 0 Å². The van der Waals surface area contributed by atoms with Crippen molar-refractivity contribution in [2.75, 3.05) is 11.1 Å². The Bertz CT molecular complexity index is 801. The number of rotatable bonds is 3. The quantitative estimate of drug-likeness (QED) is 0.745. The fraction of sp³-hybridized carbons (Fsp3) is 0.0714. The van der Waals surface area contributed by atoms with Crippen LogP contribution in [0.15, 0.2) is 47.4 Å². The molecule has 21 heavy (non-hydrogen) atoms. The van der Waals surface area contributed by atoms with Crippen LogP contribution >= 0.6 is 0 Å². The molecule has 0 radical (unpaired) electrons. The maximum absolute atomic E-state index is 12.3. The van der Waals surface area contributed by atoms with Gasteiger partial charge in [0.05, 0.1) is 5.69 Å². The highest BCUT2D eigenvalue weighted by atomic mass is 32.2. The number of benzene rings is 2. The lowest BCUT2D eigenvalue weighted by Crippen LogP contribution is -2.19. The van der Waals surface area contributed by atoms with Crippen LogP contribution in [0.2, 0.25) is 0 Å². The van der Waals surface area contributed by atoms with Gasteiger partial charge in [-0.3, -0.25) is 4.79 Å². The molecule has 0 saturated heterocycles. The van der Waals surface area contributed by atoms with Crippen molar-refractivity contribution >= 4 is 27.3 Å². The Morgan fingerprint density at radius 2 is 1.76 bits per heavy atom. The number of hydrogen-bond acceptors (Lipinski definition) is 4. The molecule has 0 unspecified atom stereocenters. The summed E-state index contributed by atoms with van der Waals surface area (Å²) in [6, 6.07) is 10.9. The maximum Gasteiger partial charge on any atom is 0.256 e. The fourth-order valence-corrected chi connectivity index (χ4v) is 2.60. The third kappa shape index (κ3) is 3.21. The molecule has 110 valence electrons. The number of para-hydroxylation sites is 1. The summed E-state index contributed by atoms with van der Waals surface area (Å²) in [4.78, 5) is 12.1. The van der Waals surface area contributed by atoms with E-state index in [0.29, 0.717) is 16.8 Å². The molecule has 0 aliphatic heterocycles. The second-order valence-electron chi connectivity index (χ2n) is 4.52. The van der Waals surface area contributed by atoms with Gasteiger partial charge < -0.3 is 11.1 Å². The van der Waals surface area contributed by atoms with Crippen LogP contribution in [0.25, 0.3) is 0 Å². The molecule has 0 fully saturated rings. The Hall–Kier alpha value is -2.38. The first-order valence-electron chi connectivity index (χ1n) is 6.09. The summed E-state index contributed by atoms with van der Waals surface area (Å²) < 4.78 is 23.0. The number of nitrogen functional groups attached to an aromatic ring is 1. The summed E-state index contributed by atoms with van der Waals surface area (Å²) in [5, 5.41) is 7.67. The number of sulfonamides is 1. The summed E-state index contributed by atoms with van der Waals surface area (Å²) in [5.74, 6) is -0.448. The number of hydrogen-bond donors (Lipinski definition) is 3. The van der Waals surface area contributed by atoms with Crippen molar-refractivity contribution in [1.82, 2.24) is 0 Å². The normalized spacial score (nSPS) is 11.1. The van der Waals surface area contributed by atoms with Gasteiger partial charge in [0.15, 0.2) is 0 Å². The van der Waals surface area contributed by atoms with Crippen LogP contribution in [-0.4, -0.2) is 14.3 Å². The zero-order valence-corrected chi connectivity index (χ0v) is 12.1. The highest BCUT2D eigenvalue weighted by Gasteiger charge is 2.17. The standard InChI is InChI=1S/C14H15N3O3S/c1-9-10(5-4-6-11(9)15)14(18)17-12-7-2-3-8-13(12)21(16,19)20/h2-8H,15H2,1H3,(H,17,18)(H2,16,19,20). The Kier molecular flexibility index (Phi) is 3.97. The van der Waals surface area contributed by atoms with Crippen LogP contribution in [-0.2, 0) is 10.0 Å². The summed E-state index contributed by atoms with van der Waals surface area (Å²) in [5.41, 5.74) is 7.38. The van der Waals surface area contributed by atoms with E-state index in [9.17, 15) is 13.2 Å². The van der Waals surface area contributed by atoms with E-state index in [4.69, 9.17) is 10.9 Å². The minimum Gasteiger partial charge on any atom is -0.398 e. The molecule has 2 aromatic rings. The number of carbonyl (C=O) groups is 1. The third-order valence-electron chi connectivity index (χ3n) is 3.06. The molecular weight excluding hydrogens is 290 g/mol. The molecule has 0 aromatic heterocycles. The first kappa shape index (κ1) is 15.0. The Labute approximate surface area is 122 Å². The average molecular weight is 305 g/mol. The molecule has 6 nitrogen and oxygen atoms in total. The number of nitrogens with one attached hydrogen (secondary N) is 1. The minimum atomic E-state index is -3.92. The van der Waals surface area contributed by atoms with Crippen molar-refractivity contribution in [3.8, 4) is 0 Å². The molecule has 0 bridgehead atoms. The summed E-state index contributed by atoms with van der Waals surface area (Å²) in [6.45, 7) is 1.72. The highest BCUT2D eigenvalue weighted by molar-refractivity contribution is 7.89. The van der Waals surface area contributed by atoms with Gasteiger partial charge in [-0.05, 0) is 36.8 Å². The zero-order chi connectivity index (χ0) is 15.6. The fourth-order valence-electron chi connectivity index (χ4n) is 1.91. The lowest BCUT2D eigenvalue weighted by molar-refractivity contribution is 0.102. The monoisotopic (exact) mass is 305 g/mol. The number of carbonyl (C=O) groups excluding carboxylic acids is 1. The summed E-state index contributed by atoms with van der Waals surface area (Å²) >= 11 is 0. The van der Waals surface area contributed by atoms with Crippen LogP contribution in [0.4, 0.5) is 11.4 Å². The third-order valence-corrected chi connectivity index (χ3v) is 4.03. The smallest absolute Gasteiger partial charge is 0.256 e. The van der Waals surface area contributed by atoms with E-state index >= 15 is 0 Å². The second-order valence-corrected chi connectivity index (χ2v) is 6.04. The first-order valence-corrected chi connectivity index (χ1v) is 7.63. The number of anilines is 2. The summed E-state index contributed by atoms with van der Waals surface area (Å²) in [7, 11) is -3.92. The van der Waals surface area contributed by atoms with Crippen LogP contribution in [0.3, 0.4) is 0 Å². The largest absolute Gasteiger partial charge is 0.398 e. The van der Waals surface area contributed by atoms with Crippen molar-refractivity contribution in [1.29, 1.82) is 0 Å². The van der Waals surface area contributed by atoms with Crippen LogP contribution in [0.1, 0.15) is 15.9 Å². The van der Waals surface area contributed by atoms with Gasteiger partial charge in [-0.25, -0.2) is 13.6 Å². The summed E-state index contributed by atoms with van der Waals surface area (Å²) in [6.07, 6.45) is 0. The molecule has 0 heterocycles. The SMILES string of the molecule is Cc1c(N)cccc1C(=O)Nc1ccccc1S(N)(=O)=O. The van der Waals surface area contributed by atoms with Crippen molar-refractivity contribution in [2.45, 2.75) is 11.8 Å². The van der Waals surface area contributed by atoms with Gasteiger partial charge in [0, 0.05) is 11.3 Å². The second kappa shape index (κ2) is 5.55. The first-order chi connectivity index (χ1) is 9.80. The van der Waals surface area contributed by atoms with Gasteiger partial charge in [-0.15, -0.1) is 0 Å². The molecule has 5 N–H and O–H groups in total. The van der Waals surface area contributed by atoms with Gasteiger partial charge in [-0.2, -0.15) is 0 Å². The molecule has 1 amide bonds. The Balaban J connectivity index is 2.40. The van der Waals surface area contributed by atoms with E-state index in [-0.39, 0.29) is 10.6 Å². The van der Waals surface area contributed by atoms with Crippen LogP contribution in [0, 0.1) is 6.92 Å². The van der Waals surface area contributed by atoms with Crippen molar-refractivity contribution in [3.05, 3.63) is 53.6 Å². The van der Waals surface area contributed by atoms with E-state index in [2.05, 4.69) is 5.32 Å². The molecule has 2 rings (SSSR count). The topological polar surface area (TPSA) is 115 Å². The molecule has 2 aromatic carbocycles. The number of primary sulfonamides is 1. The van der Waals surface area contributed by atoms with E-state index < -0.39 is 15.9 Å². The molecule has 0 spiro atoms. The predicted octanol–water partition coefficient (Wildman–Crippen LogP) is 1.48. The Morgan fingerprint density at radius 3 is 2.43 bits per heavy atom. The van der Waals surface area contributed by atoms with Gasteiger partial charge in [0.25, 0.3) is 5.91 Å². The van der Waals surface area contributed by atoms with Gasteiger partial charge in [-0.1, -0.05) is 18.2 Å². The van der Waals surface area contributed by atoms with E-state index in [0.717, 1.165) is 0 Å². The average Bonchev–Trinajstić information content (AvgIpc) is 2.41. The molecule has 0 aliphatic rings. The number of amides is 1. The van der Waals surface area contributed by atoms with Crippen LogP contribution in [0.5, 0.6) is 0 Å². The lowest BCUT2D eigenvalue weighted by atomic mass is 10.1. The van der Waals surface area contributed by atoms with Gasteiger partial charge in [0.2, 0.25) is 10.0 Å². The predicted molar refractivity (Wildman–Crippen MR) is 81.4 cm³/mol. The molecule has 0 atom stereocenters. The molecule has 0 saturated carbocycles. The van der Waals surface area contributed by atoms with Gasteiger partial charge in [0.1, 0.15) is 4.90 Å². The zero-order valence-electron chi connectivity index (χ0n) is 11.3. The molecule has 0 aliphatic carbocycles. The van der Waals surface area contributed by atoms with Crippen LogP contribution < -0.4 is 16.2 Å². The highest BCUT2D eigenvalue weighted by Crippen LogP contribution is 2.22. The van der Waals surface area contributed by atoms with Crippen molar-refractivity contribution < 1.29 is 13.2 Å². The lowest BCUT2D eigenvalue weighted by Gasteiger charge is -2.11. The minimum absolute atomic E-state index is 0.131. The van der Waals surface area contributed by atoms with E-state index in [1.165, 1.54) is 18.2 Å². The van der Waals surface area contributed by atoms with Crippen molar-refractivity contribution in [2.24, 2.45) is 5.14 Å². The van der Waals surface area contributed by atoms with Gasteiger partial charge >= 0.3 is 0 Å². The molecular formula is C14H15N3O3S. The maximum atomic E-state index is 12.3.